The molecule has 0 spiro atoms. The molecule has 0 radical (unpaired) electrons. The Hall–Kier alpha value is -1.56. The number of amides is 1. The third kappa shape index (κ3) is 2.64. The van der Waals surface area contributed by atoms with E-state index in [0.717, 1.165) is 23.9 Å². The predicted molar refractivity (Wildman–Crippen MR) is 68.8 cm³/mol. The molecule has 2 heterocycles. The van der Waals surface area contributed by atoms with Crippen LogP contribution in [0.15, 0.2) is 11.0 Å². The van der Waals surface area contributed by atoms with Crippen molar-refractivity contribution in [1.82, 2.24) is 15.1 Å². The Bertz CT molecular complexity index is 514. The van der Waals surface area contributed by atoms with Crippen molar-refractivity contribution >= 4 is 23.2 Å². The van der Waals surface area contributed by atoms with Crippen molar-refractivity contribution in [2.45, 2.75) is 25.3 Å². The maximum Gasteiger partial charge on any atom is 0.287 e. The van der Waals surface area contributed by atoms with Gasteiger partial charge in [-0.25, -0.2) is 4.68 Å². The van der Waals surface area contributed by atoms with Gasteiger partial charge in [0.15, 0.2) is 0 Å². The fourth-order valence-corrected chi connectivity index (χ4v) is 2.10. The van der Waals surface area contributed by atoms with Crippen LogP contribution in [0.4, 0.5) is 5.69 Å². The van der Waals surface area contributed by atoms with Gasteiger partial charge in [0.1, 0.15) is 11.1 Å². The van der Waals surface area contributed by atoms with E-state index in [1.165, 1.54) is 13.2 Å². The quantitative estimate of drug-likeness (QED) is 0.821. The molecule has 0 aromatic carbocycles. The van der Waals surface area contributed by atoms with Crippen molar-refractivity contribution in [2.75, 3.05) is 11.9 Å². The molecule has 1 aliphatic rings. The van der Waals surface area contributed by atoms with E-state index in [2.05, 4.69) is 15.7 Å². The highest BCUT2D eigenvalue weighted by Gasteiger charge is 2.21. The second-order valence-corrected chi connectivity index (χ2v) is 4.66. The van der Waals surface area contributed by atoms with Gasteiger partial charge in [-0.3, -0.25) is 9.59 Å². The Morgan fingerprint density at radius 1 is 1.50 bits per heavy atom. The molecule has 1 atom stereocenters. The van der Waals surface area contributed by atoms with E-state index >= 15 is 0 Å². The van der Waals surface area contributed by atoms with Gasteiger partial charge in [0, 0.05) is 13.6 Å². The standard InChI is InChI=1S/C11H15ClN4O2/c1-16-11(18)9(12)8(6-14-16)15-7-4-2-3-5-13-10(7)17/h6-7,15H,2-5H2,1H3,(H,13,17). The van der Waals surface area contributed by atoms with Gasteiger partial charge in [-0.05, 0) is 19.3 Å². The summed E-state index contributed by atoms with van der Waals surface area (Å²) in [5.74, 6) is -0.0655. The average Bonchev–Trinajstić information content (AvgIpc) is 2.56. The molecule has 0 aliphatic carbocycles. The first-order valence-electron chi connectivity index (χ1n) is 5.85. The molecule has 7 heteroatoms. The molecule has 1 saturated heterocycles. The lowest BCUT2D eigenvalue weighted by Gasteiger charge is -2.17. The zero-order chi connectivity index (χ0) is 13.1. The summed E-state index contributed by atoms with van der Waals surface area (Å²) in [6, 6.07) is -0.362. The minimum atomic E-state index is -0.379. The van der Waals surface area contributed by atoms with Crippen molar-refractivity contribution in [3.63, 3.8) is 0 Å². The molecule has 18 heavy (non-hydrogen) atoms. The summed E-state index contributed by atoms with van der Waals surface area (Å²) in [5, 5.41) is 9.74. The highest BCUT2D eigenvalue weighted by atomic mass is 35.5. The molecule has 1 aliphatic heterocycles. The number of aryl methyl sites for hydroxylation is 1. The molecular weight excluding hydrogens is 256 g/mol. The van der Waals surface area contributed by atoms with Crippen molar-refractivity contribution in [1.29, 1.82) is 0 Å². The summed E-state index contributed by atoms with van der Waals surface area (Å²) in [6.07, 6.45) is 4.10. The van der Waals surface area contributed by atoms with Gasteiger partial charge in [-0.15, -0.1) is 0 Å². The number of halogens is 1. The fourth-order valence-electron chi connectivity index (χ4n) is 1.88. The Balaban J connectivity index is 2.20. The van der Waals surface area contributed by atoms with Gasteiger partial charge in [0.2, 0.25) is 5.91 Å². The van der Waals surface area contributed by atoms with E-state index in [1.807, 2.05) is 0 Å². The van der Waals surface area contributed by atoms with Crippen molar-refractivity contribution < 1.29 is 4.79 Å². The monoisotopic (exact) mass is 270 g/mol. The number of hydrogen-bond donors (Lipinski definition) is 2. The SMILES string of the molecule is Cn1ncc(NC2CCCCNC2=O)c(Cl)c1=O. The highest BCUT2D eigenvalue weighted by Crippen LogP contribution is 2.18. The molecule has 1 aromatic rings. The summed E-state index contributed by atoms with van der Waals surface area (Å²) in [5.41, 5.74) is 0.0255. The zero-order valence-corrected chi connectivity index (χ0v) is 10.8. The number of anilines is 1. The minimum absolute atomic E-state index is 0.0598. The normalized spacial score (nSPS) is 20.1. The van der Waals surface area contributed by atoms with Gasteiger partial charge in [-0.1, -0.05) is 11.6 Å². The fraction of sp³-hybridized carbons (Fsp3) is 0.545. The van der Waals surface area contributed by atoms with E-state index in [9.17, 15) is 9.59 Å². The molecule has 2 rings (SSSR count). The summed E-state index contributed by atoms with van der Waals surface area (Å²) in [4.78, 5) is 23.4. The number of carbonyl (C=O) groups excluding carboxylic acids is 1. The third-order valence-electron chi connectivity index (χ3n) is 2.94. The van der Waals surface area contributed by atoms with Gasteiger partial charge in [-0.2, -0.15) is 5.10 Å². The van der Waals surface area contributed by atoms with Crippen LogP contribution in [0.3, 0.4) is 0 Å². The molecule has 98 valence electrons. The molecule has 1 unspecified atom stereocenters. The lowest BCUT2D eigenvalue weighted by Crippen LogP contribution is -2.38. The lowest BCUT2D eigenvalue weighted by atomic mass is 10.1. The molecule has 0 saturated carbocycles. The van der Waals surface area contributed by atoms with Crippen LogP contribution < -0.4 is 16.2 Å². The summed E-state index contributed by atoms with van der Waals surface area (Å²) in [7, 11) is 1.52. The lowest BCUT2D eigenvalue weighted by molar-refractivity contribution is -0.121. The average molecular weight is 271 g/mol. The number of rotatable bonds is 2. The van der Waals surface area contributed by atoms with Gasteiger partial charge >= 0.3 is 0 Å². The van der Waals surface area contributed by atoms with Gasteiger partial charge < -0.3 is 10.6 Å². The molecule has 1 aromatic heterocycles. The summed E-state index contributed by atoms with van der Waals surface area (Å²) < 4.78 is 1.15. The number of carbonyl (C=O) groups is 1. The number of aromatic nitrogens is 2. The Kier molecular flexibility index (Phi) is 3.86. The first-order chi connectivity index (χ1) is 8.59. The second-order valence-electron chi connectivity index (χ2n) is 4.28. The number of nitrogens with zero attached hydrogens (tertiary/aromatic N) is 2. The van der Waals surface area contributed by atoms with Crippen molar-refractivity contribution in [3.8, 4) is 0 Å². The Labute approximate surface area is 109 Å². The van der Waals surface area contributed by atoms with Crippen LogP contribution in [-0.2, 0) is 11.8 Å². The summed E-state index contributed by atoms with van der Waals surface area (Å²) >= 11 is 5.94. The molecule has 0 bridgehead atoms. The van der Waals surface area contributed by atoms with Crippen LogP contribution >= 0.6 is 11.6 Å². The largest absolute Gasteiger partial charge is 0.371 e. The molecular formula is C11H15ClN4O2. The second kappa shape index (κ2) is 5.39. The molecule has 1 amide bonds. The Morgan fingerprint density at radius 2 is 2.28 bits per heavy atom. The van der Waals surface area contributed by atoms with Crippen molar-refractivity contribution in [2.24, 2.45) is 7.05 Å². The zero-order valence-electron chi connectivity index (χ0n) is 10.1. The number of nitrogens with one attached hydrogen (secondary N) is 2. The van der Waals surface area contributed by atoms with E-state index in [-0.39, 0.29) is 22.5 Å². The molecule has 6 nitrogen and oxygen atoms in total. The van der Waals surface area contributed by atoms with Crippen LogP contribution in [0, 0.1) is 0 Å². The first kappa shape index (κ1) is 12.9. The Morgan fingerprint density at radius 3 is 3.06 bits per heavy atom. The van der Waals surface area contributed by atoms with E-state index in [0.29, 0.717) is 12.2 Å². The minimum Gasteiger partial charge on any atom is -0.371 e. The van der Waals surface area contributed by atoms with Gasteiger partial charge in [0.05, 0.1) is 11.9 Å². The topological polar surface area (TPSA) is 76.0 Å². The van der Waals surface area contributed by atoms with Crippen molar-refractivity contribution in [3.05, 3.63) is 21.6 Å². The van der Waals surface area contributed by atoms with Gasteiger partial charge in [0.25, 0.3) is 5.56 Å². The first-order valence-corrected chi connectivity index (χ1v) is 6.23. The maximum atomic E-state index is 11.8. The van der Waals surface area contributed by atoms with E-state index < -0.39 is 0 Å². The van der Waals surface area contributed by atoms with Crippen LogP contribution in [0.1, 0.15) is 19.3 Å². The van der Waals surface area contributed by atoms with Crippen LogP contribution in [-0.4, -0.2) is 28.3 Å². The highest BCUT2D eigenvalue weighted by molar-refractivity contribution is 6.33. The third-order valence-corrected chi connectivity index (χ3v) is 3.31. The van der Waals surface area contributed by atoms with Crippen LogP contribution in [0.5, 0.6) is 0 Å². The van der Waals surface area contributed by atoms with Crippen LogP contribution in [0.25, 0.3) is 0 Å². The molecule has 2 N–H and O–H groups in total. The smallest absolute Gasteiger partial charge is 0.287 e. The predicted octanol–water partition coefficient (Wildman–Crippen LogP) is 0.514. The van der Waals surface area contributed by atoms with E-state index in [4.69, 9.17) is 11.6 Å². The maximum absolute atomic E-state index is 11.8. The molecule has 1 fully saturated rings. The van der Waals surface area contributed by atoms with E-state index in [1.54, 1.807) is 0 Å². The summed E-state index contributed by atoms with van der Waals surface area (Å²) in [6.45, 7) is 0.694. The number of hydrogen-bond acceptors (Lipinski definition) is 4. The van der Waals surface area contributed by atoms with Crippen LogP contribution in [0.2, 0.25) is 5.02 Å².